The predicted octanol–water partition coefficient (Wildman–Crippen LogP) is 1.43. The topological polar surface area (TPSA) is 68.4 Å². The lowest BCUT2D eigenvalue weighted by molar-refractivity contribution is 0.0366. The lowest BCUT2D eigenvalue weighted by Crippen LogP contribution is -2.11. The normalized spacial score (nSPS) is 12.7. The summed E-state index contributed by atoms with van der Waals surface area (Å²) in [6.07, 6.45) is 1.93. The van der Waals surface area contributed by atoms with Crippen LogP contribution in [0.25, 0.3) is 0 Å². The minimum atomic E-state index is -0.691. The van der Waals surface area contributed by atoms with E-state index in [-0.39, 0.29) is 6.61 Å². The van der Waals surface area contributed by atoms with Crippen molar-refractivity contribution in [1.29, 1.82) is 0 Å². The molecule has 0 radical (unpaired) electrons. The highest BCUT2D eigenvalue weighted by molar-refractivity contribution is 5.42. The molecule has 0 saturated carbocycles. The van der Waals surface area contributed by atoms with Crippen LogP contribution in [0.2, 0.25) is 0 Å². The number of rotatable bonds is 5. The average molecular weight is 210 g/mol. The van der Waals surface area contributed by atoms with Gasteiger partial charge in [-0.25, -0.2) is 4.98 Å². The number of nitrogens with zero attached hydrogens (tertiary/aromatic N) is 1. The highest BCUT2D eigenvalue weighted by Gasteiger charge is 2.12. The van der Waals surface area contributed by atoms with Gasteiger partial charge in [0.2, 0.25) is 0 Å². The lowest BCUT2D eigenvalue weighted by atomic mass is 10.1. The Morgan fingerprint density at radius 1 is 1.60 bits per heavy atom. The van der Waals surface area contributed by atoms with Crippen LogP contribution in [-0.2, 0) is 4.74 Å². The van der Waals surface area contributed by atoms with E-state index in [1.807, 2.05) is 19.9 Å². The van der Waals surface area contributed by atoms with Crippen molar-refractivity contribution in [2.45, 2.75) is 26.4 Å². The van der Waals surface area contributed by atoms with E-state index in [4.69, 9.17) is 10.5 Å². The van der Waals surface area contributed by atoms with Crippen molar-refractivity contribution in [3.8, 4) is 0 Å². The second-order valence-electron chi connectivity index (χ2n) is 3.58. The van der Waals surface area contributed by atoms with E-state index in [1.165, 1.54) is 0 Å². The Labute approximate surface area is 90.1 Å². The van der Waals surface area contributed by atoms with Gasteiger partial charge >= 0.3 is 0 Å². The van der Waals surface area contributed by atoms with E-state index in [1.54, 1.807) is 6.20 Å². The molecule has 84 valence electrons. The number of anilines is 1. The van der Waals surface area contributed by atoms with E-state index >= 15 is 0 Å². The van der Waals surface area contributed by atoms with Gasteiger partial charge in [-0.2, -0.15) is 0 Å². The van der Waals surface area contributed by atoms with Crippen molar-refractivity contribution in [2.75, 3.05) is 18.9 Å². The SMILES string of the molecule is CCCOCC(O)c1cc(C)cnc1N. The fourth-order valence-electron chi connectivity index (χ4n) is 1.30. The number of nitrogens with two attached hydrogens (primary N) is 1. The number of aliphatic hydroxyl groups is 1. The van der Waals surface area contributed by atoms with Gasteiger partial charge in [0.25, 0.3) is 0 Å². The van der Waals surface area contributed by atoms with Crippen LogP contribution < -0.4 is 5.73 Å². The number of aromatic nitrogens is 1. The van der Waals surface area contributed by atoms with E-state index < -0.39 is 6.10 Å². The van der Waals surface area contributed by atoms with Crippen LogP contribution in [0, 0.1) is 6.92 Å². The maximum atomic E-state index is 9.81. The van der Waals surface area contributed by atoms with E-state index in [0.717, 1.165) is 12.0 Å². The van der Waals surface area contributed by atoms with Crippen molar-refractivity contribution >= 4 is 5.82 Å². The first-order chi connectivity index (χ1) is 7.15. The molecule has 0 bridgehead atoms. The number of hydrogen-bond donors (Lipinski definition) is 2. The predicted molar refractivity (Wildman–Crippen MR) is 59.5 cm³/mol. The molecule has 1 unspecified atom stereocenters. The fraction of sp³-hybridized carbons (Fsp3) is 0.545. The van der Waals surface area contributed by atoms with Gasteiger partial charge in [-0.05, 0) is 25.0 Å². The molecule has 0 fully saturated rings. The third-order valence-corrected chi connectivity index (χ3v) is 2.07. The van der Waals surface area contributed by atoms with Gasteiger partial charge in [0, 0.05) is 18.4 Å². The Kier molecular flexibility index (Phi) is 4.52. The molecule has 1 aromatic heterocycles. The molecule has 3 N–H and O–H groups in total. The molecule has 0 aromatic carbocycles. The van der Waals surface area contributed by atoms with Crippen LogP contribution in [0.5, 0.6) is 0 Å². The molecule has 0 spiro atoms. The smallest absolute Gasteiger partial charge is 0.129 e. The Morgan fingerprint density at radius 2 is 2.33 bits per heavy atom. The summed E-state index contributed by atoms with van der Waals surface area (Å²) in [6.45, 7) is 4.85. The second-order valence-corrected chi connectivity index (χ2v) is 3.58. The third kappa shape index (κ3) is 3.49. The molecule has 4 nitrogen and oxygen atoms in total. The van der Waals surface area contributed by atoms with Gasteiger partial charge in [-0.15, -0.1) is 0 Å². The highest BCUT2D eigenvalue weighted by Crippen LogP contribution is 2.19. The molecular weight excluding hydrogens is 192 g/mol. The molecule has 4 heteroatoms. The molecule has 1 heterocycles. The largest absolute Gasteiger partial charge is 0.386 e. The van der Waals surface area contributed by atoms with Crippen molar-refractivity contribution in [3.63, 3.8) is 0 Å². The van der Waals surface area contributed by atoms with E-state index in [9.17, 15) is 5.11 Å². The Balaban J connectivity index is 2.64. The molecule has 1 atom stereocenters. The maximum Gasteiger partial charge on any atom is 0.129 e. The zero-order chi connectivity index (χ0) is 11.3. The van der Waals surface area contributed by atoms with Crippen molar-refractivity contribution in [1.82, 2.24) is 4.98 Å². The number of aryl methyl sites for hydroxylation is 1. The number of hydrogen-bond acceptors (Lipinski definition) is 4. The highest BCUT2D eigenvalue weighted by atomic mass is 16.5. The minimum Gasteiger partial charge on any atom is -0.386 e. The fourth-order valence-corrected chi connectivity index (χ4v) is 1.30. The van der Waals surface area contributed by atoms with E-state index in [0.29, 0.717) is 18.0 Å². The van der Waals surface area contributed by atoms with Crippen molar-refractivity contribution in [2.24, 2.45) is 0 Å². The molecule has 0 saturated heterocycles. The van der Waals surface area contributed by atoms with Crippen LogP contribution in [0.3, 0.4) is 0 Å². The number of ether oxygens (including phenoxy) is 1. The summed E-state index contributed by atoms with van der Waals surface area (Å²) in [7, 11) is 0. The van der Waals surface area contributed by atoms with Gasteiger partial charge in [0.1, 0.15) is 11.9 Å². The Morgan fingerprint density at radius 3 is 3.00 bits per heavy atom. The molecule has 1 rings (SSSR count). The summed E-state index contributed by atoms with van der Waals surface area (Å²) in [5.74, 6) is 0.369. The number of aliphatic hydroxyl groups excluding tert-OH is 1. The van der Waals surface area contributed by atoms with Crippen molar-refractivity contribution in [3.05, 3.63) is 23.4 Å². The Hall–Kier alpha value is -1.13. The molecule has 0 aliphatic heterocycles. The number of nitrogen functional groups attached to an aromatic ring is 1. The zero-order valence-corrected chi connectivity index (χ0v) is 9.23. The summed E-state index contributed by atoms with van der Waals surface area (Å²) in [6, 6.07) is 1.84. The summed E-state index contributed by atoms with van der Waals surface area (Å²) >= 11 is 0. The zero-order valence-electron chi connectivity index (χ0n) is 9.23. The van der Waals surface area contributed by atoms with Crippen LogP contribution in [0.4, 0.5) is 5.82 Å². The standard InChI is InChI=1S/C11H18N2O2/c1-3-4-15-7-10(14)9-5-8(2)6-13-11(9)12/h5-6,10,14H,3-4,7H2,1-2H3,(H2,12,13). The monoisotopic (exact) mass is 210 g/mol. The van der Waals surface area contributed by atoms with Gasteiger partial charge in [-0.3, -0.25) is 0 Å². The Bertz CT molecular complexity index is 315. The first kappa shape index (κ1) is 11.9. The summed E-state index contributed by atoms with van der Waals surface area (Å²) < 4.78 is 5.26. The third-order valence-electron chi connectivity index (χ3n) is 2.07. The first-order valence-electron chi connectivity index (χ1n) is 5.13. The van der Waals surface area contributed by atoms with Gasteiger partial charge in [0.05, 0.1) is 6.61 Å². The summed E-state index contributed by atoms with van der Waals surface area (Å²) in [4.78, 5) is 3.99. The quantitative estimate of drug-likeness (QED) is 0.721. The molecular formula is C11H18N2O2. The molecule has 0 aliphatic rings. The summed E-state index contributed by atoms with van der Waals surface area (Å²) in [5.41, 5.74) is 7.29. The van der Waals surface area contributed by atoms with E-state index in [2.05, 4.69) is 4.98 Å². The van der Waals surface area contributed by atoms with Crippen LogP contribution >= 0.6 is 0 Å². The van der Waals surface area contributed by atoms with Crippen LogP contribution in [0.15, 0.2) is 12.3 Å². The van der Waals surface area contributed by atoms with Crippen LogP contribution in [0.1, 0.15) is 30.6 Å². The van der Waals surface area contributed by atoms with Gasteiger partial charge < -0.3 is 15.6 Å². The van der Waals surface area contributed by atoms with Gasteiger partial charge in [-0.1, -0.05) is 6.92 Å². The minimum absolute atomic E-state index is 0.267. The second kappa shape index (κ2) is 5.68. The molecule has 0 aliphatic carbocycles. The molecule has 15 heavy (non-hydrogen) atoms. The summed E-state index contributed by atoms with van der Waals surface area (Å²) in [5, 5.41) is 9.81. The molecule has 0 amide bonds. The average Bonchev–Trinajstić information content (AvgIpc) is 2.22. The van der Waals surface area contributed by atoms with Crippen LogP contribution in [-0.4, -0.2) is 23.3 Å². The van der Waals surface area contributed by atoms with Gasteiger partial charge in [0.15, 0.2) is 0 Å². The first-order valence-corrected chi connectivity index (χ1v) is 5.13. The maximum absolute atomic E-state index is 9.81. The lowest BCUT2D eigenvalue weighted by Gasteiger charge is -2.13. The van der Waals surface area contributed by atoms with Crippen molar-refractivity contribution < 1.29 is 9.84 Å². The molecule has 1 aromatic rings. The number of pyridine rings is 1.